The molecular weight excluding hydrogens is 454 g/mol. The number of anilines is 1. The van der Waals surface area contributed by atoms with Crippen LogP contribution in [0, 0.1) is 13.8 Å². The van der Waals surface area contributed by atoms with Gasteiger partial charge >= 0.3 is 5.97 Å². The first-order valence-corrected chi connectivity index (χ1v) is 11.9. The van der Waals surface area contributed by atoms with Crippen LogP contribution in [-0.2, 0) is 19.6 Å². The van der Waals surface area contributed by atoms with Crippen molar-refractivity contribution in [3.8, 4) is 5.75 Å². The van der Waals surface area contributed by atoms with Crippen molar-refractivity contribution < 1.29 is 22.7 Å². The van der Waals surface area contributed by atoms with Crippen molar-refractivity contribution in [2.75, 3.05) is 10.8 Å². The van der Waals surface area contributed by atoms with Crippen molar-refractivity contribution in [3.05, 3.63) is 89.5 Å². The minimum absolute atomic E-state index is 0.0860. The molecule has 0 spiro atoms. The van der Waals surface area contributed by atoms with Crippen LogP contribution in [0.4, 0.5) is 5.69 Å². The van der Waals surface area contributed by atoms with Crippen molar-refractivity contribution in [2.24, 2.45) is 5.10 Å². The lowest BCUT2D eigenvalue weighted by Crippen LogP contribution is -2.39. The molecule has 3 aromatic carbocycles. The van der Waals surface area contributed by atoms with Gasteiger partial charge in [0.1, 0.15) is 12.3 Å². The van der Waals surface area contributed by atoms with Gasteiger partial charge in [-0.3, -0.25) is 13.9 Å². The molecule has 0 saturated heterocycles. The number of aryl methyl sites for hydroxylation is 2. The Hall–Kier alpha value is -3.98. The van der Waals surface area contributed by atoms with Crippen LogP contribution in [-0.4, -0.2) is 33.1 Å². The summed E-state index contributed by atoms with van der Waals surface area (Å²) in [6.45, 7) is 4.61. The SMILES string of the molecule is CC(=O)Oc1ccc(/C=N\NC(=O)CN(c2ccc(C)cc2)S(=O)(=O)c2ccc(C)cc2)cc1. The molecule has 0 unspecified atom stereocenters. The van der Waals surface area contributed by atoms with E-state index in [4.69, 9.17) is 4.74 Å². The number of rotatable bonds is 8. The van der Waals surface area contributed by atoms with Crippen LogP contribution in [0.25, 0.3) is 0 Å². The Bertz CT molecular complexity index is 1280. The summed E-state index contributed by atoms with van der Waals surface area (Å²) >= 11 is 0. The zero-order valence-corrected chi connectivity index (χ0v) is 19.9. The topological polar surface area (TPSA) is 105 Å². The number of nitrogens with zero attached hydrogens (tertiary/aromatic N) is 2. The molecular formula is C25H25N3O5S. The quantitative estimate of drug-likeness (QED) is 0.230. The third kappa shape index (κ3) is 6.52. The molecule has 0 fully saturated rings. The summed E-state index contributed by atoms with van der Waals surface area (Å²) in [5.74, 6) is -0.639. The normalized spacial score (nSPS) is 11.3. The van der Waals surface area contributed by atoms with Crippen LogP contribution >= 0.6 is 0 Å². The van der Waals surface area contributed by atoms with Crippen molar-refractivity contribution in [2.45, 2.75) is 25.7 Å². The fraction of sp³-hybridized carbons (Fsp3) is 0.160. The predicted molar refractivity (Wildman–Crippen MR) is 130 cm³/mol. The third-order valence-electron chi connectivity index (χ3n) is 4.76. The number of esters is 1. The van der Waals surface area contributed by atoms with E-state index in [2.05, 4.69) is 10.5 Å². The second-order valence-corrected chi connectivity index (χ2v) is 9.48. The van der Waals surface area contributed by atoms with Gasteiger partial charge in [-0.2, -0.15) is 5.10 Å². The first kappa shape index (κ1) is 24.7. The summed E-state index contributed by atoms with van der Waals surface area (Å²) in [6, 6.07) is 19.8. The molecule has 0 heterocycles. The molecule has 34 heavy (non-hydrogen) atoms. The van der Waals surface area contributed by atoms with Crippen LogP contribution in [0.5, 0.6) is 5.75 Å². The van der Waals surface area contributed by atoms with E-state index in [9.17, 15) is 18.0 Å². The lowest BCUT2D eigenvalue weighted by atomic mass is 10.2. The fourth-order valence-corrected chi connectivity index (χ4v) is 4.42. The summed E-state index contributed by atoms with van der Waals surface area (Å²) in [6.07, 6.45) is 1.40. The Balaban J connectivity index is 1.76. The highest BCUT2D eigenvalue weighted by atomic mass is 32.2. The molecule has 176 valence electrons. The monoisotopic (exact) mass is 479 g/mol. The average Bonchev–Trinajstić information content (AvgIpc) is 2.79. The van der Waals surface area contributed by atoms with Gasteiger partial charge in [-0.25, -0.2) is 13.8 Å². The lowest BCUT2D eigenvalue weighted by molar-refractivity contribution is -0.131. The number of amides is 1. The number of hydrogen-bond donors (Lipinski definition) is 1. The molecule has 0 aliphatic carbocycles. The first-order valence-electron chi connectivity index (χ1n) is 10.4. The minimum Gasteiger partial charge on any atom is -0.427 e. The Labute approximate surface area is 198 Å². The predicted octanol–water partition coefficient (Wildman–Crippen LogP) is 3.57. The molecule has 3 rings (SSSR count). The maximum absolute atomic E-state index is 13.3. The molecule has 1 amide bonds. The van der Waals surface area contributed by atoms with Crippen molar-refractivity contribution in [3.63, 3.8) is 0 Å². The van der Waals surface area contributed by atoms with Gasteiger partial charge in [0.05, 0.1) is 16.8 Å². The number of carbonyl (C=O) groups is 2. The van der Waals surface area contributed by atoms with Gasteiger partial charge < -0.3 is 4.74 Å². The molecule has 0 aromatic heterocycles. The summed E-state index contributed by atoms with van der Waals surface area (Å²) in [7, 11) is -3.99. The average molecular weight is 480 g/mol. The maximum Gasteiger partial charge on any atom is 0.308 e. The maximum atomic E-state index is 13.3. The van der Waals surface area contributed by atoms with E-state index in [0.717, 1.165) is 15.4 Å². The molecule has 1 N–H and O–H groups in total. The standard InChI is InChI=1S/C25H25N3O5S/c1-18-4-10-22(11-5-18)28(34(31,32)24-14-6-19(2)7-15-24)17-25(30)27-26-16-21-8-12-23(13-9-21)33-20(3)29/h4-16H,17H2,1-3H3,(H,27,30)/b26-16-. The van der Waals surface area contributed by atoms with E-state index in [-0.39, 0.29) is 4.90 Å². The fourth-order valence-electron chi connectivity index (χ4n) is 3.00. The van der Waals surface area contributed by atoms with Gasteiger partial charge in [-0.15, -0.1) is 0 Å². The van der Waals surface area contributed by atoms with E-state index in [1.54, 1.807) is 60.7 Å². The van der Waals surface area contributed by atoms with E-state index < -0.39 is 28.4 Å². The van der Waals surface area contributed by atoms with Gasteiger partial charge in [0.2, 0.25) is 0 Å². The van der Waals surface area contributed by atoms with Crippen molar-refractivity contribution in [1.82, 2.24) is 5.43 Å². The second-order valence-electron chi connectivity index (χ2n) is 7.62. The molecule has 0 atom stereocenters. The Morgan fingerprint density at radius 1 is 0.912 bits per heavy atom. The first-order chi connectivity index (χ1) is 16.1. The highest BCUT2D eigenvalue weighted by molar-refractivity contribution is 7.92. The summed E-state index contributed by atoms with van der Waals surface area (Å²) < 4.78 is 32.7. The number of ether oxygens (including phenoxy) is 1. The minimum atomic E-state index is -3.99. The second kappa shape index (κ2) is 10.8. The zero-order chi connectivity index (χ0) is 24.7. The molecule has 0 bridgehead atoms. The Morgan fingerprint density at radius 3 is 2.03 bits per heavy atom. The van der Waals surface area contributed by atoms with Crippen LogP contribution in [0.2, 0.25) is 0 Å². The molecule has 0 radical (unpaired) electrons. The van der Waals surface area contributed by atoms with E-state index in [0.29, 0.717) is 17.0 Å². The number of sulfonamides is 1. The van der Waals surface area contributed by atoms with Crippen LogP contribution in [0.1, 0.15) is 23.6 Å². The van der Waals surface area contributed by atoms with E-state index in [1.807, 2.05) is 13.8 Å². The van der Waals surface area contributed by atoms with E-state index in [1.165, 1.54) is 25.3 Å². The van der Waals surface area contributed by atoms with E-state index >= 15 is 0 Å². The summed E-state index contributed by atoms with van der Waals surface area (Å²) in [4.78, 5) is 23.7. The number of hydrogen-bond acceptors (Lipinski definition) is 6. The van der Waals surface area contributed by atoms with Gasteiger partial charge in [0.15, 0.2) is 0 Å². The van der Waals surface area contributed by atoms with Crippen LogP contribution in [0.3, 0.4) is 0 Å². The summed E-state index contributed by atoms with van der Waals surface area (Å²) in [5, 5.41) is 3.91. The number of carbonyl (C=O) groups excluding carboxylic acids is 2. The number of nitrogens with one attached hydrogen (secondary N) is 1. The summed E-state index contributed by atoms with van der Waals surface area (Å²) in [5.41, 5.74) is 5.27. The Kier molecular flexibility index (Phi) is 7.80. The molecule has 9 heteroatoms. The number of hydrazone groups is 1. The third-order valence-corrected chi connectivity index (χ3v) is 6.55. The molecule has 0 saturated carbocycles. The van der Waals surface area contributed by atoms with Crippen molar-refractivity contribution in [1.29, 1.82) is 0 Å². The van der Waals surface area contributed by atoms with Gasteiger partial charge in [-0.1, -0.05) is 35.4 Å². The molecule has 0 aliphatic heterocycles. The lowest BCUT2D eigenvalue weighted by Gasteiger charge is -2.24. The smallest absolute Gasteiger partial charge is 0.308 e. The highest BCUT2D eigenvalue weighted by Crippen LogP contribution is 2.24. The molecule has 3 aromatic rings. The molecule has 0 aliphatic rings. The Morgan fingerprint density at radius 2 is 1.47 bits per heavy atom. The van der Waals surface area contributed by atoms with Crippen LogP contribution < -0.4 is 14.5 Å². The zero-order valence-electron chi connectivity index (χ0n) is 19.1. The number of benzene rings is 3. The van der Waals surface area contributed by atoms with Gasteiger partial charge in [0.25, 0.3) is 15.9 Å². The highest BCUT2D eigenvalue weighted by Gasteiger charge is 2.27. The molecule has 8 nitrogen and oxygen atoms in total. The van der Waals surface area contributed by atoms with Gasteiger partial charge in [-0.05, 0) is 67.9 Å². The van der Waals surface area contributed by atoms with Gasteiger partial charge in [0, 0.05) is 6.92 Å². The van der Waals surface area contributed by atoms with Crippen molar-refractivity contribution >= 4 is 33.8 Å². The van der Waals surface area contributed by atoms with Crippen LogP contribution in [0.15, 0.2) is 82.8 Å². The largest absolute Gasteiger partial charge is 0.427 e.